The van der Waals surface area contributed by atoms with Gasteiger partial charge in [-0.25, -0.2) is 3.89 Å². The fraction of sp³-hybridized carbons (Fsp3) is 0.900. The molecule has 3 nitrogen and oxygen atoms in total. The molecule has 0 aromatic carbocycles. The van der Waals surface area contributed by atoms with Crippen LogP contribution in [0.5, 0.6) is 0 Å². The second-order valence-corrected chi connectivity index (χ2v) is 8.72. The molecule has 2 unspecified atom stereocenters. The van der Waals surface area contributed by atoms with Gasteiger partial charge in [-0.15, -0.1) is 0 Å². The normalized spacial score (nSPS) is 16.2. The van der Waals surface area contributed by atoms with Crippen LogP contribution in [0.1, 0.15) is 91.9 Å². The minimum Gasteiger partial charge on any atom is -0.370 e. The third-order valence-corrected chi connectivity index (χ3v) is 6.51. The molecule has 0 aliphatic carbocycles. The van der Waals surface area contributed by atoms with Crippen molar-refractivity contribution in [2.75, 3.05) is 13.1 Å². The summed E-state index contributed by atoms with van der Waals surface area (Å²) in [6, 6.07) is 0. The van der Waals surface area contributed by atoms with Crippen molar-refractivity contribution in [1.29, 1.82) is 0 Å². The molecule has 0 aromatic heterocycles. The lowest BCUT2D eigenvalue weighted by atomic mass is 9.95. The van der Waals surface area contributed by atoms with Crippen LogP contribution in [0.3, 0.4) is 0 Å². The summed E-state index contributed by atoms with van der Waals surface area (Å²) in [5.41, 5.74) is 5.34. The minimum atomic E-state index is -0.279. The molecule has 0 spiro atoms. The molecule has 0 aromatic rings. The van der Waals surface area contributed by atoms with E-state index >= 15 is 0 Å². The van der Waals surface area contributed by atoms with E-state index in [1.54, 1.807) is 0 Å². The first-order chi connectivity index (χ1) is 11.8. The van der Waals surface area contributed by atoms with Gasteiger partial charge >= 0.3 is 0 Å². The predicted octanol–water partition coefficient (Wildman–Crippen LogP) is 5.67. The van der Waals surface area contributed by atoms with Crippen LogP contribution in [-0.2, 0) is 4.79 Å². The third kappa shape index (κ3) is 10.6. The van der Waals surface area contributed by atoms with Gasteiger partial charge in [-0.1, -0.05) is 53.4 Å². The molecule has 5 heteroatoms. The quantitative estimate of drug-likeness (QED) is 0.215. The third-order valence-electron chi connectivity index (χ3n) is 5.26. The lowest BCUT2D eigenvalue weighted by Crippen LogP contribution is -2.49. The zero-order chi connectivity index (χ0) is 19.3. The SMILES string of the molecule is CCCCC(CC)C[N+](S)(CC(CC)CCCC)C(=S)CCC(N)=O. The maximum absolute atomic E-state index is 11.2. The van der Waals surface area contributed by atoms with E-state index in [0.29, 0.717) is 28.6 Å². The van der Waals surface area contributed by atoms with Crippen molar-refractivity contribution >= 4 is 35.9 Å². The summed E-state index contributed by atoms with van der Waals surface area (Å²) in [6.45, 7) is 11.0. The Kier molecular flexibility index (Phi) is 13.9. The van der Waals surface area contributed by atoms with Gasteiger partial charge < -0.3 is 5.73 Å². The van der Waals surface area contributed by atoms with Crippen LogP contribution in [0.15, 0.2) is 0 Å². The highest BCUT2D eigenvalue weighted by Crippen LogP contribution is 2.29. The van der Waals surface area contributed by atoms with Crippen molar-refractivity contribution in [2.24, 2.45) is 17.6 Å². The Morgan fingerprint density at radius 3 is 1.72 bits per heavy atom. The molecular formula is C20H41N2OS2+. The van der Waals surface area contributed by atoms with Gasteiger partial charge in [0.1, 0.15) is 0 Å². The van der Waals surface area contributed by atoms with E-state index in [-0.39, 0.29) is 5.91 Å². The zero-order valence-corrected chi connectivity index (χ0v) is 18.6. The Hall–Kier alpha value is -0.130. The van der Waals surface area contributed by atoms with Crippen molar-refractivity contribution in [3.05, 3.63) is 0 Å². The van der Waals surface area contributed by atoms with Gasteiger partial charge in [0.2, 0.25) is 5.91 Å². The number of unbranched alkanes of at least 4 members (excludes halogenated alkanes) is 2. The molecular weight excluding hydrogens is 348 g/mol. The van der Waals surface area contributed by atoms with Crippen molar-refractivity contribution in [1.82, 2.24) is 0 Å². The van der Waals surface area contributed by atoms with E-state index in [2.05, 4.69) is 27.7 Å². The minimum absolute atomic E-state index is 0.279. The number of hydrogen-bond acceptors (Lipinski definition) is 3. The highest BCUT2D eigenvalue weighted by molar-refractivity contribution is 7.82. The number of thiocarbonyl (C=S) groups is 1. The number of hydrogen-bond donors (Lipinski definition) is 2. The molecule has 2 N–H and O–H groups in total. The van der Waals surface area contributed by atoms with Crippen LogP contribution >= 0.6 is 25.0 Å². The molecule has 2 atom stereocenters. The number of thiol groups is 1. The summed E-state index contributed by atoms with van der Waals surface area (Å²) >= 11 is 10.8. The number of carbonyl (C=O) groups is 1. The molecule has 0 rings (SSSR count). The molecule has 0 aliphatic heterocycles. The number of rotatable bonds is 15. The number of nitrogens with zero attached hydrogens (tertiary/aromatic N) is 1. The van der Waals surface area contributed by atoms with Crippen molar-refractivity contribution in [3.8, 4) is 0 Å². The molecule has 148 valence electrons. The lowest BCUT2D eigenvalue weighted by molar-refractivity contribution is -0.704. The number of amides is 1. The van der Waals surface area contributed by atoms with Crippen LogP contribution in [-0.4, -0.2) is 27.9 Å². The van der Waals surface area contributed by atoms with Crippen LogP contribution in [0, 0.1) is 11.8 Å². The van der Waals surface area contributed by atoms with E-state index in [4.69, 9.17) is 30.8 Å². The molecule has 0 bridgehead atoms. The van der Waals surface area contributed by atoms with Crippen LogP contribution in [0.2, 0.25) is 0 Å². The van der Waals surface area contributed by atoms with E-state index in [1.165, 1.54) is 38.5 Å². The Morgan fingerprint density at radius 1 is 0.960 bits per heavy atom. The van der Waals surface area contributed by atoms with E-state index < -0.39 is 0 Å². The highest BCUT2D eigenvalue weighted by atomic mass is 32.1. The Morgan fingerprint density at radius 2 is 1.40 bits per heavy atom. The van der Waals surface area contributed by atoms with Crippen LogP contribution in [0.4, 0.5) is 0 Å². The standard InChI is InChI=1S/C20H40N2OS2/c1-5-9-11-17(7-3)15-22(25,20(24)14-13-19(21)23)16-18(8-4)12-10-6-2/h17-18,25H,5-16H2,1-4H3,(H-,21,23)/p+1. The highest BCUT2D eigenvalue weighted by Gasteiger charge is 2.35. The van der Waals surface area contributed by atoms with Crippen LogP contribution < -0.4 is 5.73 Å². The monoisotopic (exact) mass is 389 g/mol. The number of quaternary nitrogens is 1. The number of nitrogens with two attached hydrogens (primary N) is 1. The number of primary amides is 1. The molecule has 0 saturated carbocycles. The Bertz CT molecular complexity index is 370. The molecule has 1 amide bonds. The molecule has 0 fully saturated rings. The maximum atomic E-state index is 11.2. The topological polar surface area (TPSA) is 43.1 Å². The fourth-order valence-corrected chi connectivity index (χ4v) is 4.22. The number of carbonyl (C=O) groups excluding carboxylic acids is 1. The molecule has 0 aliphatic rings. The van der Waals surface area contributed by atoms with Gasteiger partial charge in [0.15, 0.2) is 4.99 Å². The molecule has 0 saturated heterocycles. The smallest absolute Gasteiger partial charge is 0.217 e. The lowest BCUT2D eigenvalue weighted by Gasteiger charge is -2.37. The van der Waals surface area contributed by atoms with Gasteiger partial charge in [0.05, 0.1) is 25.9 Å². The van der Waals surface area contributed by atoms with E-state index in [1.807, 2.05) is 0 Å². The molecule has 0 radical (unpaired) electrons. The summed E-state index contributed by atoms with van der Waals surface area (Å²) in [5.74, 6) is 0.985. The van der Waals surface area contributed by atoms with Gasteiger partial charge in [0, 0.05) is 24.7 Å². The first-order valence-electron chi connectivity index (χ1n) is 10.2. The zero-order valence-electron chi connectivity index (χ0n) is 16.9. The summed E-state index contributed by atoms with van der Waals surface area (Å²) in [5, 5.41) is 0. The summed E-state index contributed by atoms with van der Waals surface area (Å²) < 4.78 is 0.535. The Balaban J connectivity index is 5.16. The summed E-state index contributed by atoms with van der Waals surface area (Å²) in [4.78, 5) is 12.1. The molecule has 0 heterocycles. The van der Waals surface area contributed by atoms with Crippen molar-refractivity contribution < 1.29 is 8.68 Å². The first kappa shape index (κ1) is 24.9. The van der Waals surface area contributed by atoms with Gasteiger partial charge in [-0.3, -0.25) is 4.79 Å². The first-order valence-corrected chi connectivity index (χ1v) is 11.0. The van der Waals surface area contributed by atoms with Gasteiger partial charge in [0.25, 0.3) is 0 Å². The second-order valence-electron chi connectivity index (χ2n) is 7.48. The Labute approximate surface area is 167 Å². The van der Waals surface area contributed by atoms with E-state index in [0.717, 1.165) is 30.9 Å². The van der Waals surface area contributed by atoms with Crippen molar-refractivity contribution in [3.63, 3.8) is 0 Å². The van der Waals surface area contributed by atoms with Crippen LogP contribution in [0.25, 0.3) is 0 Å². The van der Waals surface area contributed by atoms with Gasteiger partial charge in [-0.05, 0) is 37.9 Å². The largest absolute Gasteiger partial charge is 0.370 e. The second kappa shape index (κ2) is 14.0. The van der Waals surface area contributed by atoms with Crippen molar-refractivity contribution in [2.45, 2.75) is 91.9 Å². The fourth-order valence-electron chi connectivity index (χ4n) is 3.41. The predicted molar refractivity (Wildman–Crippen MR) is 117 cm³/mol. The maximum Gasteiger partial charge on any atom is 0.217 e. The van der Waals surface area contributed by atoms with Gasteiger partial charge in [-0.2, -0.15) is 0 Å². The average Bonchev–Trinajstić information content (AvgIpc) is 2.59. The molecule has 25 heavy (non-hydrogen) atoms. The summed E-state index contributed by atoms with van der Waals surface area (Å²) in [7, 11) is 0. The van der Waals surface area contributed by atoms with E-state index in [9.17, 15) is 4.79 Å². The summed E-state index contributed by atoms with van der Waals surface area (Å²) in [6.07, 6.45) is 10.7. The average molecular weight is 390 g/mol.